The zero-order valence-electron chi connectivity index (χ0n) is 19.8. The summed E-state index contributed by atoms with van der Waals surface area (Å²) in [6, 6.07) is 10.4. The molecule has 3 aromatic rings. The van der Waals surface area contributed by atoms with Gasteiger partial charge in [0.15, 0.2) is 0 Å². The molecule has 3 N–H and O–H groups in total. The summed E-state index contributed by atoms with van der Waals surface area (Å²) in [5, 5.41) is 19.1. The number of nitrogens with zero attached hydrogens (tertiary/aromatic N) is 4. The van der Waals surface area contributed by atoms with Crippen molar-refractivity contribution < 1.29 is 18.8 Å². The van der Waals surface area contributed by atoms with Crippen molar-refractivity contribution in [1.29, 1.82) is 0 Å². The van der Waals surface area contributed by atoms with Gasteiger partial charge in [-0.05, 0) is 42.7 Å². The lowest BCUT2D eigenvalue weighted by molar-refractivity contribution is -0.384. The van der Waals surface area contributed by atoms with Crippen molar-refractivity contribution >= 4 is 17.3 Å². The van der Waals surface area contributed by atoms with Gasteiger partial charge in [0.25, 0.3) is 0 Å². The summed E-state index contributed by atoms with van der Waals surface area (Å²) in [4.78, 5) is 13.1. The number of rotatable bonds is 6. The van der Waals surface area contributed by atoms with Crippen molar-refractivity contribution in [2.75, 3.05) is 26.1 Å². The lowest BCUT2D eigenvalue weighted by Crippen LogP contribution is -2.47. The molecule has 1 spiro atoms. The maximum atomic E-state index is 14.9. The van der Waals surface area contributed by atoms with E-state index in [-0.39, 0.29) is 16.9 Å². The number of methoxy groups -OCH3 is 1. The second kappa shape index (κ2) is 7.69. The monoisotopic (exact) mass is 492 g/mol. The molecule has 1 unspecified atom stereocenters. The van der Waals surface area contributed by atoms with Gasteiger partial charge in [-0.2, -0.15) is 9.78 Å². The first-order chi connectivity index (χ1) is 17.2. The van der Waals surface area contributed by atoms with E-state index in [1.807, 2.05) is 36.2 Å². The summed E-state index contributed by atoms with van der Waals surface area (Å²) in [7, 11) is 3.44. The summed E-state index contributed by atoms with van der Waals surface area (Å²) in [5.41, 5.74) is 7.18. The largest absolute Gasteiger partial charge is 0.497 e. The van der Waals surface area contributed by atoms with Crippen molar-refractivity contribution in [3.63, 3.8) is 0 Å². The molecule has 3 heterocycles. The van der Waals surface area contributed by atoms with Crippen LogP contribution in [0.2, 0.25) is 0 Å². The van der Waals surface area contributed by atoms with Crippen molar-refractivity contribution in [3.05, 3.63) is 81.3 Å². The molecular formula is C25H25FN6O4. The third kappa shape index (κ3) is 3.38. The maximum absolute atomic E-state index is 14.9. The predicted molar refractivity (Wildman–Crippen MR) is 130 cm³/mol. The van der Waals surface area contributed by atoms with E-state index in [1.54, 1.807) is 13.2 Å². The Morgan fingerprint density at radius 1 is 1.31 bits per heavy atom. The number of hydrogen-bond donors (Lipinski definition) is 2. The number of nitrogens with two attached hydrogens (primary N) is 1. The maximum Gasteiger partial charge on any atom is 0.331 e. The van der Waals surface area contributed by atoms with Crippen molar-refractivity contribution in [2.24, 2.45) is 5.73 Å². The average molecular weight is 493 g/mol. The Morgan fingerprint density at radius 3 is 2.69 bits per heavy atom. The minimum Gasteiger partial charge on any atom is -0.497 e. The molecule has 0 radical (unpaired) electrons. The smallest absolute Gasteiger partial charge is 0.331 e. The number of nitrogens with one attached hydrogen (secondary N) is 1. The second-order valence-corrected chi connectivity index (χ2v) is 9.65. The molecule has 0 saturated heterocycles. The van der Waals surface area contributed by atoms with Gasteiger partial charge in [0, 0.05) is 36.2 Å². The molecule has 3 aliphatic rings. The van der Waals surface area contributed by atoms with E-state index in [9.17, 15) is 14.5 Å². The minimum atomic E-state index is -1.49. The number of halogens is 1. The Bertz CT molecular complexity index is 1410. The van der Waals surface area contributed by atoms with Crippen LogP contribution in [-0.2, 0) is 17.6 Å². The molecule has 10 nitrogen and oxygen atoms in total. The van der Waals surface area contributed by atoms with E-state index in [0.29, 0.717) is 30.3 Å². The highest BCUT2D eigenvalue weighted by molar-refractivity contribution is 5.71. The molecule has 186 valence electrons. The predicted octanol–water partition coefficient (Wildman–Crippen LogP) is 3.53. The van der Waals surface area contributed by atoms with E-state index in [0.717, 1.165) is 29.7 Å². The first-order valence-electron chi connectivity index (χ1n) is 11.6. The highest BCUT2D eigenvalue weighted by Crippen LogP contribution is 2.57. The van der Waals surface area contributed by atoms with Gasteiger partial charge in [0.1, 0.15) is 35.0 Å². The van der Waals surface area contributed by atoms with Crippen molar-refractivity contribution in [2.45, 2.75) is 30.5 Å². The average Bonchev–Trinajstić information content (AvgIpc) is 3.39. The van der Waals surface area contributed by atoms with E-state index in [1.165, 1.54) is 23.0 Å². The molecule has 2 aliphatic heterocycles. The fourth-order valence-electron chi connectivity index (χ4n) is 5.07. The Labute approximate surface area is 206 Å². The second-order valence-electron chi connectivity index (χ2n) is 9.65. The number of hydrogen-bond acceptors (Lipinski definition) is 8. The van der Waals surface area contributed by atoms with Crippen LogP contribution in [0.1, 0.15) is 29.5 Å². The number of anilines is 1. The molecule has 1 aliphatic carbocycles. The van der Waals surface area contributed by atoms with Crippen LogP contribution in [-0.4, -0.2) is 40.4 Å². The van der Waals surface area contributed by atoms with E-state index in [4.69, 9.17) is 15.2 Å². The van der Waals surface area contributed by atoms with Gasteiger partial charge in [-0.3, -0.25) is 10.1 Å². The molecule has 11 heteroatoms. The van der Waals surface area contributed by atoms with Crippen LogP contribution in [0, 0.1) is 15.9 Å². The molecule has 0 amide bonds. The Hall–Kier alpha value is -4.12. The van der Waals surface area contributed by atoms with Crippen LogP contribution >= 0.6 is 0 Å². The van der Waals surface area contributed by atoms with Gasteiger partial charge in [-0.25, -0.2) is 4.39 Å². The molecular weight excluding hydrogens is 467 g/mol. The number of nitro groups is 1. The van der Waals surface area contributed by atoms with Gasteiger partial charge in [-0.1, -0.05) is 12.1 Å². The van der Waals surface area contributed by atoms with Gasteiger partial charge in [0.05, 0.1) is 18.6 Å². The fraction of sp³-hybridized carbons (Fsp3) is 0.320. The van der Waals surface area contributed by atoms with Crippen LogP contribution in [0.3, 0.4) is 0 Å². The van der Waals surface area contributed by atoms with Crippen LogP contribution in [0.4, 0.5) is 15.9 Å². The SMILES string of the molecule is COc1ccc(CN(C)C2=CC(N)(c3cc(F)cc4c3OCC43CC3)Nc3c([N+](=O)[O-])cnn32)cc1. The Balaban J connectivity index is 1.46. The van der Waals surface area contributed by atoms with Gasteiger partial charge >= 0.3 is 5.69 Å². The molecule has 1 atom stereocenters. The third-order valence-corrected chi connectivity index (χ3v) is 7.23. The fourth-order valence-corrected chi connectivity index (χ4v) is 5.07. The van der Waals surface area contributed by atoms with Crippen molar-refractivity contribution in [1.82, 2.24) is 14.7 Å². The third-order valence-electron chi connectivity index (χ3n) is 7.23. The standard InChI is InChI=1S/C25H25FN6O4/c1-30(13-15-3-5-17(35-2)6-4-15)21-11-25(27,29-23-20(32(33)34)12-28-31(21)23)19-10-16(26)9-18-22(19)36-14-24(18)7-8-24/h3-6,9-12,29H,7-8,13-14,27H2,1-2H3. The molecule has 0 bridgehead atoms. The first-order valence-corrected chi connectivity index (χ1v) is 11.6. The zero-order chi connectivity index (χ0) is 25.2. The van der Waals surface area contributed by atoms with E-state index < -0.39 is 16.4 Å². The summed E-state index contributed by atoms with van der Waals surface area (Å²) in [5.74, 6) is 1.46. The summed E-state index contributed by atoms with van der Waals surface area (Å²) in [6.45, 7) is 0.931. The normalized spacial score (nSPS) is 20.6. The number of ether oxygens (including phenoxy) is 2. The quantitative estimate of drug-likeness (QED) is 0.396. The van der Waals surface area contributed by atoms with Crippen LogP contribution in [0.5, 0.6) is 11.5 Å². The van der Waals surface area contributed by atoms with Crippen LogP contribution in [0.25, 0.3) is 5.82 Å². The number of aromatic nitrogens is 2. The highest BCUT2D eigenvalue weighted by Gasteiger charge is 2.53. The molecule has 6 rings (SSSR count). The Kier molecular flexibility index (Phi) is 4.77. The van der Waals surface area contributed by atoms with Crippen LogP contribution < -0.4 is 20.5 Å². The Morgan fingerprint density at radius 2 is 2.03 bits per heavy atom. The van der Waals surface area contributed by atoms with E-state index in [2.05, 4.69) is 10.4 Å². The molecule has 2 aromatic carbocycles. The van der Waals surface area contributed by atoms with Gasteiger partial charge < -0.3 is 25.4 Å². The highest BCUT2D eigenvalue weighted by atomic mass is 19.1. The summed E-state index contributed by atoms with van der Waals surface area (Å²) in [6.07, 6.45) is 4.74. The lowest BCUT2D eigenvalue weighted by atomic mass is 9.90. The molecule has 36 heavy (non-hydrogen) atoms. The number of benzene rings is 2. The lowest BCUT2D eigenvalue weighted by Gasteiger charge is -2.37. The zero-order valence-corrected chi connectivity index (χ0v) is 19.8. The molecule has 1 saturated carbocycles. The molecule has 1 fully saturated rings. The van der Waals surface area contributed by atoms with Crippen LogP contribution in [0.15, 0.2) is 48.7 Å². The summed E-state index contributed by atoms with van der Waals surface area (Å²) >= 11 is 0. The minimum absolute atomic E-state index is 0.110. The number of fused-ring (bicyclic) bond motifs is 3. The summed E-state index contributed by atoms with van der Waals surface area (Å²) < 4.78 is 27.6. The van der Waals surface area contributed by atoms with Gasteiger partial charge in [-0.15, -0.1) is 0 Å². The van der Waals surface area contributed by atoms with Gasteiger partial charge in [0.2, 0.25) is 5.82 Å². The topological polar surface area (TPSA) is 121 Å². The first kappa shape index (κ1) is 22.4. The van der Waals surface area contributed by atoms with E-state index >= 15 is 0 Å². The van der Waals surface area contributed by atoms with Crippen molar-refractivity contribution in [3.8, 4) is 11.5 Å². The molecule has 1 aromatic heterocycles.